The lowest BCUT2D eigenvalue weighted by molar-refractivity contribution is -0.120. The number of hydrogen-bond donors (Lipinski definition) is 3. The number of aromatic amines is 1. The van der Waals surface area contributed by atoms with E-state index in [0.717, 1.165) is 11.3 Å². The molecule has 0 radical (unpaired) electrons. The van der Waals surface area contributed by atoms with E-state index in [9.17, 15) is 14.4 Å². The lowest BCUT2D eigenvalue weighted by Gasteiger charge is -2.15. The fourth-order valence-corrected chi connectivity index (χ4v) is 3.31. The molecule has 0 spiro atoms. The molecular weight excluding hydrogens is 394 g/mol. The summed E-state index contributed by atoms with van der Waals surface area (Å²) >= 11 is 0. The average Bonchev–Trinajstić information content (AvgIpc) is 3.33. The molecule has 0 saturated heterocycles. The number of H-pyrrole nitrogens is 1. The Kier molecular flexibility index (Phi) is 5.61. The molecule has 0 saturated carbocycles. The van der Waals surface area contributed by atoms with Gasteiger partial charge in [-0.3, -0.25) is 14.4 Å². The number of nitrogens with zero attached hydrogens (tertiary/aromatic N) is 2. The van der Waals surface area contributed by atoms with Gasteiger partial charge >= 0.3 is 0 Å². The minimum atomic E-state index is -0.598. The van der Waals surface area contributed by atoms with E-state index in [0.29, 0.717) is 10.9 Å². The summed E-state index contributed by atoms with van der Waals surface area (Å²) in [5.41, 5.74) is 2.13. The second kappa shape index (κ2) is 8.66. The van der Waals surface area contributed by atoms with Crippen LogP contribution < -0.4 is 16.1 Å². The summed E-state index contributed by atoms with van der Waals surface area (Å²) in [5, 5.41) is 5.77. The number of carbonyl (C=O) groups is 2. The number of para-hydroxylation sites is 1. The summed E-state index contributed by atoms with van der Waals surface area (Å²) in [5.74, 6) is -0.948. The van der Waals surface area contributed by atoms with Crippen LogP contribution in [-0.4, -0.2) is 32.9 Å². The number of fused-ring (bicyclic) bond motifs is 1. The molecule has 4 aromatic rings. The zero-order chi connectivity index (χ0) is 21.8. The maximum atomic E-state index is 12.5. The van der Waals surface area contributed by atoms with Crippen molar-refractivity contribution < 1.29 is 9.59 Å². The van der Waals surface area contributed by atoms with Crippen LogP contribution in [0.1, 0.15) is 28.9 Å². The smallest absolute Gasteiger partial charge is 0.257 e. The van der Waals surface area contributed by atoms with Crippen LogP contribution in [0.3, 0.4) is 0 Å². The van der Waals surface area contributed by atoms with Crippen LogP contribution >= 0.6 is 0 Å². The summed E-state index contributed by atoms with van der Waals surface area (Å²) in [7, 11) is 0. The van der Waals surface area contributed by atoms with Gasteiger partial charge < -0.3 is 20.2 Å². The van der Waals surface area contributed by atoms with Crippen molar-refractivity contribution >= 4 is 22.7 Å². The molecule has 8 nitrogen and oxygen atoms in total. The van der Waals surface area contributed by atoms with Crippen molar-refractivity contribution in [2.24, 2.45) is 0 Å². The van der Waals surface area contributed by atoms with E-state index in [2.05, 4.69) is 20.6 Å². The predicted octanol–water partition coefficient (Wildman–Crippen LogP) is 2.32. The van der Waals surface area contributed by atoms with Gasteiger partial charge in [0, 0.05) is 35.2 Å². The van der Waals surface area contributed by atoms with Crippen molar-refractivity contribution in [3.63, 3.8) is 0 Å². The first-order chi connectivity index (χ1) is 15.0. The third kappa shape index (κ3) is 4.37. The molecular formula is C23H21N5O3. The molecule has 2 amide bonds. The molecule has 3 N–H and O–H groups in total. The molecule has 1 unspecified atom stereocenters. The van der Waals surface area contributed by atoms with Gasteiger partial charge in [-0.1, -0.05) is 24.3 Å². The molecule has 0 fully saturated rings. The Morgan fingerprint density at radius 1 is 1.13 bits per heavy atom. The number of hydrogen-bond acceptors (Lipinski definition) is 4. The van der Waals surface area contributed by atoms with Gasteiger partial charge in [-0.25, -0.2) is 4.98 Å². The fraction of sp³-hybridized carbons (Fsp3) is 0.130. The van der Waals surface area contributed by atoms with Gasteiger partial charge in [-0.05, 0) is 36.8 Å². The number of benzene rings is 2. The number of nitrogens with one attached hydrogen (secondary N) is 3. The number of imidazole rings is 1. The Balaban J connectivity index is 1.35. The first kappa shape index (κ1) is 20.1. The van der Waals surface area contributed by atoms with Crippen LogP contribution in [-0.2, 0) is 4.79 Å². The standard InChI is InChI=1S/C23H21N5O3/c1-15(16-6-8-17(9-7-16)28-11-10-24-14-28)27-21(29)13-26-23(31)19-12-25-20-5-3-2-4-18(20)22(19)30/h2-12,14-15H,13H2,1H3,(H,25,30)(H,26,31)(H,27,29). The molecule has 2 aromatic heterocycles. The van der Waals surface area contributed by atoms with Crippen LogP contribution in [0, 0.1) is 0 Å². The maximum Gasteiger partial charge on any atom is 0.257 e. The highest BCUT2D eigenvalue weighted by Crippen LogP contribution is 2.15. The normalized spacial score (nSPS) is 11.8. The molecule has 2 aromatic carbocycles. The summed E-state index contributed by atoms with van der Waals surface area (Å²) in [6.07, 6.45) is 6.63. The Bertz CT molecular complexity index is 1280. The first-order valence-electron chi connectivity index (χ1n) is 9.79. The Morgan fingerprint density at radius 3 is 2.65 bits per heavy atom. The van der Waals surface area contributed by atoms with E-state index >= 15 is 0 Å². The van der Waals surface area contributed by atoms with Gasteiger partial charge in [-0.15, -0.1) is 0 Å². The SMILES string of the molecule is CC(NC(=O)CNC(=O)c1c[nH]c2ccccc2c1=O)c1ccc(-n2ccnc2)cc1. The second-order valence-electron chi connectivity index (χ2n) is 7.11. The number of carbonyl (C=O) groups excluding carboxylic acids is 2. The van der Waals surface area contributed by atoms with Crippen molar-refractivity contribution in [2.45, 2.75) is 13.0 Å². The van der Waals surface area contributed by atoms with Crippen molar-refractivity contribution in [3.05, 3.63) is 94.8 Å². The van der Waals surface area contributed by atoms with Gasteiger partial charge in [0.05, 0.1) is 18.9 Å². The third-order valence-corrected chi connectivity index (χ3v) is 5.02. The Hall–Kier alpha value is -4.20. The van der Waals surface area contributed by atoms with Gasteiger partial charge in [-0.2, -0.15) is 0 Å². The zero-order valence-electron chi connectivity index (χ0n) is 16.8. The summed E-state index contributed by atoms with van der Waals surface area (Å²) in [6.45, 7) is 1.63. The summed E-state index contributed by atoms with van der Waals surface area (Å²) < 4.78 is 1.89. The average molecular weight is 415 g/mol. The van der Waals surface area contributed by atoms with Crippen LogP contribution in [0.25, 0.3) is 16.6 Å². The van der Waals surface area contributed by atoms with Crippen molar-refractivity contribution in [1.82, 2.24) is 25.2 Å². The number of aromatic nitrogens is 3. The van der Waals surface area contributed by atoms with Gasteiger partial charge in [0.25, 0.3) is 5.91 Å². The Labute approximate surface area is 177 Å². The van der Waals surface area contributed by atoms with E-state index in [4.69, 9.17) is 0 Å². The maximum absolute atomic E-state index is 12.5. The quantitative estimate of drug-likeness (QED) is 0.449. The topological polar surface area (TPSA) is 109 Å². The van der Waals surface area contributed by atoms with Crippen molar-refractivity contribution in [3.8, 4) is 5.69 Å². The van der Waals surface area contributed by atoms with E-state index in [1.807, 2.05) is 42.0 Å². The lowest BCUT2D eigenvalue weighted by atomic mass is 10.1. The minimum absolute atomic E-state index is 0.0327. The lowest BCUT2D eigenvalue weighted by Crippen LogP contribution is -2.39. The second-order valence-corrected chi connectivity index (χ2v) is 7.11. The highest BCUT2D eigenvalue weighted by molar-refractivity contribution is 5.98. The van der Waals surface area contributed by atoms with Crippen LogP contribution in [0.15, 0.2) is 78.2 Å². The van der Waals surface area contributed by atoms with Crippen molar-refractivity contribution in [1.29, 1.82) is 0 Å². The van der Waals surface area contributed by atoms with E-state index in [-0.39, 0.29) is 29.5 Å². The van der Waals surface area contributed by atoms with Crippen molar-refractivity contribution in [2.75, 3.05) is 6.54 Å². The molecule has 156 valence electrons. The van der Waals surface area contributed by atoms with Crippen LogP contribution in [0.5, 0.6) is 0 Å². The highest BCUT2D eigenvalue weighted by Gasteiger charge is 2.15. The molecule has 0 aliphatic heterocycles. The van der Waals surface area contributed by atoms with Gasteiger partial charge in [0.15, 0.2) is 0 Å². The van der Waals surface area contributed by atoms with Gasteiger partial charge in [0.1, 0.15) is 5.56 Å². The number of rotatable bonds is 6. The van der Waals surface area contributed by atoms with E-state index < -0.39 is 5.91 Å². The minimum Gasteiger partial charge on any atom is -0.360 e. The molecule has 0 aliphatic carbocycles. The van der Waals surface area contributed by atoms with Gasteiger partial charge in [0.2, 0.25) is 11.3 Å². The summed E-state index contributed by atoms with van der Waals surface area (Å²) in [6, 6.07) is 14.4. The summed E-state index contributed by atoms with van der Waals surface area (Å²) in [4.78, 5) is 44.1. The molecule has 0 bridgehead atoms. The highest BCUT2D eigenvalue weighted by atomic mass is 16.2. The molecule has 2 heterocycles. The third-order valence-electron chi connectivity index (χ3n) is 5.02. The number of amides is 2. The molecule has 8 heteroatoms. The number of pyridine rings is 1. The monoisotopic (exact) mass is 415 g/mol. The van der Waals surface area contributed by atoms with E-state index in [1.54, 1.807) is 36.8 Å². The molecule has 31 heavy (non-hydrogen) atoms. The first-order valence-corrected chi connectivity index (χ1v) is 9.79. The Morgan fingerprint density at radius 2 is 1.90 bits per heavy atom. The van der Waals surface area contributed by atoms with Crippen LogP contribution in [0.4, 0.5) is 0 Å². The molecule has 1 atom stereocenters. The predicted molar refractivity (Wildman–Crippen MR) is 117 cm³/mol. The zero-order valence-corrected chi connectivity index (χ0v) is 16.8. The largest absolute Gasteiger partial charge is 0.360 e. The van der Waals surface area contributed by atoms with E-state index in [1.165, 1.54) is 6.20 Å². The fourth-order valence-electron chi connectivity index (χ4n) is 3.31. The molecule has 0 aliphatic rings. The molecule has 4 rings (SSSR count). The van der Waals surface area contributed by atoms with Crippen LogP contribution in [0.2, 0.25) is 0 Å².